The topological polar surface area (TPSA) is 73.9 Å². The predicted octanol–water partition coefficient (Wildman–Crippen LogP) is 2.43. The summed E-state index contributed by atoms with van der Waals surface area (Å²) in [6.07, 6.45) is 0.0764. The minimum absolute atomic E-state index is 0.0764. The molecule has 2 aromatic carbocycles. The average Bonchev–Trinajstić information content (AvgIpc) is 2.61. The van der Waals surface area contributed by atoms with Crippen molar-refractivity contribution in [3.05, 3.63) is 54.1 Å². The number of ether oxygens (including phenoxy) is 3. The van der Waals surface area contributed by atoms with Gasteiger partial charge in [-0.15, -0.1) is 0 Å². The van der Waals surface area contributed by atoms with Crippen molar-refractivity contribution >= 4 is 17.6 Å². The van der Waals surface area contributed by atoms with Crippen molar-refractivity contribution in [3.63, 3.8) is 0 Å². The summed E-state index contributed by atoms with van der Waals surface area (Å²) in [6.45, 7) is -0.338. The molecule has 0 saturated carbocycles. The van der Waals surface area contributed by atoms with E-state index in [2.05, 4.69) is 5.32 Å². The molecule has 6 heteroatoms. The van der Waals surface area contributed by atoms with Crippen LogP contribution in [0.1, 0.15) is 5.56 Å². The number of carbonyl (C=O) groups is 2. The molecular formula is C18H19NO5. The number of anilines is 1. The van der Waals surface area contributed by atoms with Crippen LogP contribution in [0.4, 0.5) is 5.69 Å². The van der Waals surface area contributed by atoms with Crippen LogP contribution >= 0.6 is 0 Å². The highest BCUT2D eigenvalue weighted by Gasteiger charge is 2.09. The van der Waals surface area contributed by atoms with Gasteiger partial charge >= 0.3 is 5.97 Å². The molecule has 0 aromatic heterocycles. The van der Waals surface area contributed by atoms with Gasteiger partial charge < -0.3 is 19.5 Å². The maximum atomic E-state index is 11.8. The Morgan fingerprint density at radius 2 is 1.67 bits per heavy atom. The van der Waals surface area contributed by atoms with Crippen molar-refractivity contribution in [2.45, 2.75) is 6.42 Å². The number of methoxy groups -OCH3 is 2. The summed E-state index contributed by atoms with van der Waals surface area (Å²) < 4.78 is 15.1. The van der Waals surface area contributed by atoms with Crippen molar-refractivity contribution in [1.29, 1.82) is 0 Å². The molecule has 1 N–H and O–H groups in total. The zero-order valence-electron chi connectivity index (χ0n) is 13.6. The van der Waals surface area contributed by atoms with Crippen molar-refractivity contribution in [2.24, 2.45) is 0 Å². The third-order valence-electron chi connectivity index (χ3n) is 3.22. The molecule has 1 amide bonds. The number of hydrogen-bond acceptors (Lipinski definition) is 5. The second kappa shape index (κ2) is 8.57. The quantitative estimate of drug-likeness (QED) is 0.790. The zero-order chi connectivity index (χ0) is 17.4. The van der Waals surface area contributed by atoms with Crippen LogP contribution in [0.5, 0.6) is 11.5 Å². The third-order valence-corrected chi connectivity index (χ3v) is 3.22. The Balaban J connectivity index is 1.78. The fourth-order valence-electron chi connectivity index (χ4n) is 2.02. The number of rotatable bonds is 7. The minimum Gasteiger partial charge on any atom is -0.497 e. The smallest absolute Gasteiger partial charge is 0.310 e. The summed E-state index contributed by atoms with van der Waals surface area (Å²) >= 11 is 0. The molecule has 0 heterocycles. The van der Waals surface area contributed by atoms with Gasteiger partial charge in [0.15, 0.2) is 6.61 Å². The first-order valence-corrected chi connectivity index (χ1v) is 7.33. The van der Waals surface area contributed by atoms with Crippen LogP contribution in [0.2, 0.25) is 0 Å². The Hall–Kier alpha value is -3.02. The molecule has 2 rings (SSSR count). The minimum atomic E-state index is -0.479. The molecule has 0 atom stereocenters. The Labute approximate surface area is 140 Å². The highest BCUT2D eigenvalue weighted by Crippen LogP contribution is 2.15. The van der Waals surface area contributed by atoms with Crippen molar-refractivity contribution in [2.75, 3.05) is 26.1 Å². The lowest BCUT2D eigenvalue weighted by Gasteiger charge is -2.08. The highest BCUT2D eigenvalue weighted by molar-refractivity contribution is 5.92. The molecule has 0 saturated heterocycles. The molecule has 126 valence electrons. The van der Waals surface area contributed by atoms with Gasteiger partial charge in [0.05, 0.1) is 20.6 Å². The van der Waals surface area contributed by atoms with Crippen LogP contribution in [-0.2, 0) is 20.7 Å². The number of esters is 1. The van der Waals surface area contributed by atoms with E-state index in [9.17, 15) is 9.59 Å². The van der Waals surface area contributed by atoms with Gasteiger partial charge in [-0.1, -0.05) is 12.1 Å². The van der Waals surface area contributed by atoms with Crippen molar-refractivity contribution < 1.29 is 23.8 Å². The third kappa shape index (κ3) is 5.31. The second-order valence-electron chi connectivity index (χ2n) is 4.97. The molecule has 0 spiro atoms. The molecule has 2 aromatic rings. The van der Waals surface area contributed by atoms with E-state index < -0.39 is 11.9 Å². The van der Waals surface area contributed by atoms with Crippen LogP contribution < -0.4 is 14.8 Å². The van der Waals surface area contributed by atoms with E-state index in [1.165, 1.54) is 0 Å². The summed E-state index contributed by atoms with van der Waals surface area (Å²) in [7, 11) is 3.12. The van der Waals surface area contributed by atoms with Gasteiger partial charge in [0.2, 0.25) is 0 Å². The molecule has 0 unspecified atom stereocenters. The number of carbonyl (C=O) groups excluding carboxylic acids is 2. The molecule has 0 radical (unpaired) electrons. The predicted molar refractivity (Wildman–Crippen MR) is 89.3 cm³/mol. The maximum Gasteiger partial charge on any atom is 0.310 e. The summed E-state index contributed by atoms with van der Waals surface area (Å²) in [4.78, 5) is 23.6. The van der Waals surface area contributed by atoms with Crippen LogP contribution in [-0.4, -0.2) is 32.7 Å². The Bertz CT molecular complexity index is 697. The average molecular weight is 329 g/mol. The van der Waals surface area contributed by atoms with Crippen LogP contribution in [0.25, 0.3) is 0 Å². The molecule has 0 aliphatic rings. The molecule has 0 fully saturated rings. The van der Waals surface area contributed by atoms with Gasteiger partial charge in [0.25, 0.3) is 5.91 Å². The normalized spacial score (nSPS) is 9.92. The first-order valence-electron chi connectivity index (χ1n) is 7.33. The SMILES string of the molecule is COc1ccc(NC(=O)COC(=O)Cc2cccc(OC)c2)cc1. The van der Waals surface area contributed by atoms with Gasteiger partial charge in [-0.25, -0.2) is 0 Å². The van der Waals surface area contributed by atoms with E-state index in [0.29, 0.717) is 17.2 Å². The maximum absolute atomic E-state index is 11.8. The summed E-state index contributed by atoms with van der Waals surface area (Å²) in [6, 6.07) is 14.0. The van der Waals surface area contributed by atoms with Gasteiger partial charge in [0.1, 0.15) is 11.5 Å². The fraction of sp³-hybridized carbons (Fsp3) is 0.222. The first kappa shape index (κ1) is 17.3. The van der Waals surface area contributed by atoms with Crippen LogP contribution in [0, 0.1) is 0 Å². The number of amides is 1. The second-order valence-corrected chi connectivity index (χ2v) is 4.97. The Kier molecular flexibility index (Phi) is 6.19. The van der Waals surface area contributed by atoms with E-state index in [4.69, 9.17) is 14.2 Å². The van der Waals surface area contributed by atoms with Crippen LogP contribution in [0.3, 0.4) is 0 Å². The molecule has 24 heavy (non-hydrogen) atoms. The Morgan fingerprint density at radius 1 is 0.958 bits per heavy atom. The number of hydrogen-bond donors (Lipinski definition) is 1. The molecule has 0 aliphatic carbocycles. The Morgan fingerprint density at radius 3 is 2.33 bits per heavy atom. The van der Waals surface area contributed by atoms with Crippen molar-refractivity contribution in [1.82, 2.24) is 0 Å². The largest absolute Gasteiger partial charge is 0.497 e. The van der Waals surface area contributed by atoms with Gasteiger partial charge in [-0.05, 0) is 42.0 Å². The lowest BCUT2D eigenvalue weighted by atomic mass is 10.1. The molecule has 0 aliphatic heterocycles. The molecule has 6 nitrogen and oxygen atoms in total. The van der Waals surface area contributed by atoms with E-state index in [1.807, 2.05) is 0 Å². The summed E-state index contributed by atoms with van der Waals surface area (Å²) in [5.74, 6) is 0.475. The van der Waals surface area contributed by atoms with E-state index in [-0.39, 0.29) is 13.0 Å². The highest BCUT2D eigenvalue weighted by atomic mass is 16.5. The monoisotopic (exact) mass is 329 g/mol. The van der Waals surface area contributed by atoms with Gasteiger partial charge in [-0.3, -0.25) is 9.59 Å². The molecule has 0 bridgehead atoms. The lowest BCUT2D eigenvalue weighted by Crippen LogP contribution is -2.21. The lowest BCUT2D eigenvalue weighted by molar-refractivity contribution is -0.146. The van der Waals surface area contributed by atoms with E-state index in [1.54, 1.807) is 62.8 Å². The van der Waals surface area contributed by atoms with E-state index >= 15 is 0 Å². The molecular weight excluding hydrogens is 310 g/mol. The number of nitrogens with one attached hydrogen (secondary N) is 1. The fourth-order valence-corrected chi connectivity index (χ4v) is 2.02. The number of benzene rings is 2. The summed E-state index contributed by atoms with van der Waals surface area (Å²) in [5.41, 5.74) is 1.36. The van der Waals surface area contributed by atoms with Crippen molar-refractivity contribution in [3.8, 4) is 11.5 Å². The zero-order valence-corrected chi connectivity index (χ0v) is 13.6. The standard InChI is InChI=1S/C18H19NO5/c1-22-15-8-6-14(7-9-15)19-17(20)12-24-18(21)11-13-4-3-5-16(10-13)23-2/h3-10H,11-12H2,1-2H3,(H,19,20). The first-order chi connectivity index (χ1) is 11.6. The van der Waals surface area contributed by atoms with Gasteiger partial charge in [0, 0.05) is 5.69 Å². The van der Waals surface area contributed by atoms with E-state index in [0.717, 1.165) is 5.56 Å². The summed E-state index contributed by atoms with van der Waals surface area (Å²) in [5, 5.41) is 2.64. The van der Waals surface area contributed by atoms with Crippen LogP contribution in [0.15, 0.2) is 48.5 Å². The van der Waals surface area contributed by atoms with Gasteiger partial charge in [-0.2, -0.15) is 0 Å².